The zero-order valence-electron chi connectivity index (χ0n) is 17.8. The Hall–Kier alpha value is -2.87. The summed E-state index contributed by atoms with van der Waals surface area (Å²) < 4.78 is 41.7. The summed E-state index contributed by atoms with van der Waals surface area (Å²) in [5.74, 6) is 4.29. The summed E-state index contributed by atoms with van der Waals surface area (Å²) in [4.78, 5) is 26.6. The number of carbonyl (C=O) groups is 1. The van der Waals surface area contributed by atoms with E-state index in [2.05, 4.69) is 16.9 Å². The maximum atomic E-state index is 13.8. The van der Waals surface area contributed by atoms with Crippen LogP contribution in [0, 0.1) is 17.7 Å². The molecule has 3 aromatic heterocycles. The fraction of sp³-hybridized carbons (Fsp3) is 0.318. The Labute approximate surface area is 197 Å². The first-order valence-electron chi connectivity index (χ1n) is 9.81. The van der Waals surface area contributed by atoms with E-state index in [0.29, 0.717) is 20.0 Å². The standard InChI is InChI=1S/C22H20ClF3N4O2S/c1-28(2)5-6-30-12-14(10-27-30)3-4-16-9-19(33-21(16)23)18(31)8-15-7-17(24)22(32)29(11-15)13-20(25)26/h7,9-12,20H,5-6,8,13H2,1-2H3. The average molecular weight is 497 g/mol. The highest BCUT2D eigenvalue weighted by atomic mass is 35.5. The van der Waals surface area contributed by atoms with E-state index in [-0.39, 0.29) is 16.9 Å². The second-order valence-electron chi connectivity index (χ2n) is 7.49. The van der Waals surface area contributed by atoms with Gasteiger partial charge in [0.15, 0.2) is 11.6 Å². The number of halogens is 4. The van der Waals surface area contributed by atoms with Crippen molar-refractivity contribution in [3.05, 3.63) is 72.8 Å². The van der Waals surface area contributed by atoms with Gasteiger partial charge in [-0.15, -0.1) is 11.3 Å². The van der Waals surface area contributed by atoms with Gasteiger partial charge in [0.2, 0.25) is 0 Å². The molecular formula is C22H20ClF3N4O2S. The highest BCUT2D eigenvalue weighted by Crippen LogP contribution is 2.28. The lowest BCUT2D eigenvalue weighted by Crippen LogP contribution is -2.26. The van der Waals surface area contributed by atoms with Gasteiger partial charge < -0.3 is 9.47 Å². The molecule has 0 aliphatic heterocycles. The van der Waals surface area contributed by atoms with E-state index < -0.39 is 30.1 Å². The number of rotatable bonds is 8. The maximum Gasteiger partial charge on any atom is 0.286 e. The Bertz CT molecular complexity index is 1270. The highest BCUT2D eigenvalue weighted by Gasteiger charge is 2.16. The van der Waals surface area contributed by atoms with Crippen LogP contribution in [0.3, 0.4) is 0 Å². The van der Waals surface area contributed by atoms with E-state index in [9.17, 15) is 22.8 Å². The highest BCUT2D eigenvalue weighted by molar-refractivity contribution is 7.18. The molecular weight excluding hydrogens is 477 g/mol. The molecule has 6 nitrogen and oxygen atoms in total. The van der Waals surface area contributed by atoms with Crippen LogP contribution < -0.4 is 5.56 Å². The summed E-state index contributed by atoms with van der Waals surface area (Å²) in [6.45, 7) is 0.603. The number of hydrogen-bond acceptors (Lipinski definition) is 5. The Morgan fingerprint density at radius 1 is 1.27 bits per heavy atom. The third-order valence-electron chi connectivity index (χ3n) is 4.51. The second kappa shape index (κ2) is 10.8. The molecule has 3 rings (SSSR count). The fourth-order valence-corrected chi connectivity index (χ4v) is 4.02. The van der Waals surface area contributed by atoms with Gasteiger partial charge in [0.05, 0.1) is 35.3 Å². The molecule has 33 heavy (non-hydrogen) atoms. The van der Waals surface area contributed by atoms with Crippen LogP contribution in [0.5, 0.6) is 0 Å². The number of aromatic nitrogens is 3. The molecule has 0 aliphatic carbocycles. The van der Waals surface area contributed by atoms with Crippen LogP contribution in [0.1, 0.15) is 26.4 Å². The second-order valence-corrected chi connectivity index (χ2v) is 9.14. The van der Waals surface area contributed by atoms with Crippen molar-refractivity contribution in [1.82, 2.24) is 19.2 Å². The minimum absolute atomic E-state index is 0.111. The summed E-state index contributed by atoms with van der Waals surface area (Å²) >= 11 is 7.25. The van der Waals surface area contributed by atoms with Crippen LogP contribution in [0.2, 0.25) is 4.34 Å². The third-order valence-corrected chi connectivity index (χ3v) is 5.91. The zero-order valence-corrected chi connectivity index (χ0v) is 19.4. The minimum Gasteiger partial charge on any atom is -0.308 e. The van der Waals surface area contributed by atoms with Gasteiger partial charge in [0.25, 0.3) is 12.0 Å². The number of carbonyl (C=O) groups excluding carboxylic acids is 1. The Balaban J connectivity index is 1.73. The number of thiophene rings is 1. The largest absolute Gasteiger partial charge is 0.308 e. The number of likely N-dealkylation sites (N-methyl/N-ethyl adjacent to an activating group) is 1. The van der Waals surface area contributed by atoms with Crippen LogP contribution in [-0.2, 0) is 19.5 Å². The SMILES string of the molecule is CN(C)CCn1cc(C#Cc2cc(C(=O)Cc3cc(F)c(=O)n(CC(F)F)c3)sc2Cl)cn1. The van der Waals surface area contributed by atoms with Crippen molar-refractivity contribution >= 4 is 28.7 Å². The molecule has 3 heterocycles. The fourth-order valence-electron chi connectivity index (χ4n) is 2.90. The first kappa shape index (κ1) is 24.8. The Kier molecular flexibility index (Phi) is 8.13. The van der Waals surface area contributed by atoms with Crippen molar-refractivity contribution < 1.29 is 18.0 Å². The van der Waals surface area contributed by atoms with Crippen LogP contribution in [-0.4, -0.2) is 52.1 Å². The van der Waals surface area contributed by atoms with E-state index >= 15 is 0 Å². The van der Waals surface area contributed by atoms with E-state index in [1.807, 2.05) is 25.2 Å². The normalized spacial score (nSPS) is 11.2. The molecule has 0 radical (unpaired) electrons. The van der Waals surface area contributed by atoms with Gasteiger partial charge in [0.1, 0.15) is 4.34 Å². The van der Waals surface area contributed by atoms with Gasteiger partial charge >= 0.3 is 0 Å². The Morgan fingerprint density at radius 2 is 2.03 bits per heavy atom. The van der Waals surface area contributed by atoms with Crippen molar-refractivity contribution in [3.8, 4) is 11.8 Å². The van der Waals surface area contributed by atoms with Gasteiger partial charge in [-0.05, 0) is 31.8 Å². The van der Waals surface area contributed by atoms with Crippen molar-refractivity contribution in [3.63, 3.8) is 0 Å². The number of alkyl halides is 2. The molecule has 0 saturated carbocycles. The molecule has 0 amide bonds. The molecule has 0 fully saturated rings. The van der Waals surface area contributed by atoms with Gasteiger partial charge in [-0.3, -0.25) is 14.3 Å². The first-order chi connectivity index (χ1) is 15.6. The molecule has 174 valence electrons. The van der Waals surface area contributed by atoms with E-state index in [1.54, 1.807) is 10.9 Å². The van der Waals surface area contributed by atoms with E-state index in [1.165, 1.54) is 6.07 Å². The number of nitrogens with zero attached hydrogens (tertiary/aromatic N) is 4. The van der Waals surface area contributed by atoms with Crippen molar-refractivity contribution in [2.75, 3.05) is 20.6 Å². The number of ketones is 1. The van der Waals surface area contributed by atoms with E-state index in [4.69, 9.17) is 11.6 Å². The number of Topliss-reactive ketones (excluding diaryl/α,β-unsaturated/α-hetero) is 1. The summed E-state index contributed by atoms with van der Waals surface area (Å²) in [5.41, 5.74) is 0.105. The first-order valence-corrected chi connectivity index (χ1v) is 11.0. The molecule has 0 N–H and O–H groups in total. The molecule has 0 aliphatic rings. The minimum atomic E-state index is -2.83. The number of hydrogen-bond donors (Lipinski definition) is 0. The topological polar surface area (TPSA) is 60.1 Å². The van der Waals surface area contributed by atoms with Gasteiger partial charge in [0, 0.05) is 25.4 Å². The summed E-state index contributed by atoms with van der Waals surface area (Å²) in [6.07, 6.45) is 1.41. The molecule has 0 atom stereocenters. The number of pyridine rings is 1. The van der Waals surface area contributed by atoms with Crippen molar-refractivity contribution in [2.45, 2.75) is 25.9 Å². The van der Waals surface area contributed by atoms with Gasteiger partial charge in [-0.1, -0.05) is 23.4 Å². The van der Waals surface area contributed by atoms with Crippen molar-refractivity contribution in [2.24, 2.45) is 0 Å². The molecule has 0 aromatic carbocycles. The van der Waals surface area contributed by atoms with Gasteiger partial charge in [-0.25, -0.2) is 13.2 Å². The quantitative estimate of drug-likeness (QED) is 0.353. The summed E-state index contributed by atoms with van der Waals surface area (Å²) in [5, 5.41) is 4.24. The lowest BCUT2D eigenvalue weighted by Gasteiger charge is -2.08. The molecule has 0 spiro atoms. The van der Waals surface area contributed by atoms with Crippen LogP contribution in [0.4, 0.5) is 13.2 Å². The predicted octanol–water partition coefficient (Wildman–Crippen LogP) is 3.55. The predicted molar refractivity (Wildman–Crippen MR) is 121 cm³/mol. The maximum absolute atomic E-state index is 13.8. The van der Waals surface area contributed by atoms with E-state index in [0.717, 1.165) is 36.7 Å². The molecule has 0 bridgehead atoms. The Morgan fingerprint density at radius 3 is 2.73 bits per heavy atom. The van der Waals surface area contributed by atoms with Crippen LogP contribution >= 0.6 is 22.9 Å². The monoisotopic (exact) mass is 496 g/mol. The molecule has 11 heteroatoms. The van der Waals surface area contributed by atoms with Gasteiger partial charge in [-0.2, -0.15) is 5.10 Å². The smallest absolute Gasteiger partial charge is 0.286 e. The zero-order chi connectivity index (χ0) is 24.1. The summed E-state index contributed by atoms with van der Waals surface area (Å²) in [7, 11) is 3.94. The third kappa shape index (κ3) is 6.81. The van der Waals surface area contributed by atoms with Crippen LogP contribution in [0.15, 0.2) is 35.5 Å². The molecule has 0 saturated heterocycles. The lowest BCUT2D eigenvalue weighted by atomic mass is 10.1. The average Bonchev–Trinajstić information content (AvgIpc) is 3.34. The lowest BCUT2D eigenvalue weighted by molar-refractivity contribution is 0.0996. The molecule has 0 unspecified atom stereocenters. The van der Waals surface area contributed by atoms with Crippen LogP contribution in [0.25, 0.3) is 0 Å². The molecule has 3 aromatic rings. The van der Waals surface area contributed by atoms with Crippen molar-refractivity contribution in [1.29, 1.82) is 0 Å². The summed E-state index contributed by atoms with van der Waals surface area (Å²) in [6, 6.07) is 2.41.